The van der Waals surface area contributed by atoms with Crippen molar-refractivity contribution in [3.05, 3.63) is 17.7 Å². The third-order valence-electron chi connectivity index (χ3n) is 2.35. The van der Waals surface area contributed by atoms with Crippen molar-refractivity contribution in [3.63, 3.8) is 0 Å². The van der Waals surface area contributed by atoms with Crippen molar-refractivity contribution in [3.8, 4) is 0 Å². The Morgan fingerprint density at radius 2 is 1.72 bits per heavy atom. The minimum atomic E-state index is -0.710. The summed E-state index contributed by atoms with van der Waals surface area (Å²) >= 11 is 0. The van der Waals surface area contributed by atoms with Gasteiger partial charge in [0.15, 0.2) is 23.3 Å². The standard InChI is InChI=1S/C12H19F2N3O/c1-2-5-15-11-9(13)8-10(14)12(17-11)16-6-3-4-7-18/h8,18H,2-7H2,1H3,(H2,15,16,17). The van der Waals surface area contributed by atoms with Gasteiger partial charge in [0.25, 0.3) is 0 Å². The fourth-order valence-electron chi connectivity index (χ4n) is 1.40. The number of rotatable bonds is 8. The Kier molecular flexibility index (Phi) is 6.35. The van der Waals surface area contributed by atoms with E-state index in [1.54, 1.807) is 0 Å². The molecule has 0 bridgehead atoms. The number of unbranched alkanes of at least 4 members (excludes halogenated alkanes) is 1. The van der Waals surface area contributed by atoms with E-state index in [9.17, 15) is 8.78 Å². The fraction of sp³-hybridized carbons (Fsp3) is 0.583. The summed E-state index contributed by atoms with van der Waals surface area (Å²) in [7, 11) is 0. The van der Waals surface area contributed by atoms with Crippen LogP contribution in [0.15, 0.2) is 6.07 Å². The van der Waals surface area contributed by atoms with Crippen molar-refractivity contribution in [2.75, 3.05) is 30.3 Å². The molecule has 0 radical (unpaired) electrons. The maximum atomic E-state index is 13.4. The molecule has 3 N–H and O–H groups in total. The number of aliphatic hydroxyl groups is 1. The third-order valence-corrected chi connectivity index (χ3v) is 2.35. The molecular weight excluding hydrogens is 240 g/mol. The van der Waals surface area contributed by atoms with Crippen LogP contribution in [0.3, 0.4) is 0 Å². The number of hydrogen-bond acceptors (Lipinski definition) is 4. The lowest BCUT2D eigenvalue weighted by atomic mass is 10.3. The van der Waals surface area contributed by atoms with E-state index >= 15 is 0 Å². The van der Waals surface area contributed by atoms with Crippen LogP contribution in [-0.2, 0) is 0 Å². The predicted octanol–water partition coefficient (Wildman–Crippen LogP) is 2.37. The molecule has 0 aliphatic rings. The first-order chi connectivity index (χ1) is 8.69. The number of nitrogens with one attached hydrogen (secondary N) is 2. The van der Waals surface area contributed by atoms with Crippen molar-refractivity contribution >= 4 is 11.6 Å². The van der Waals surface area contributed by atoms with Gasteiger partial charge in [-0.05, 0) is 19.3 Å². The molecule has 0 aliphatic heterocycles. The zero-order chi connectivity index (χ0) is 13.4. The van der Waals surface area contributed by atoms with E-state index in [0.717, 1.165) is 12.5 Å². The molecule has 0 spiro atoms. The summed E-state index contributed by atoms with van der Waals surface area (Å²) in [6, 6.07) is 0.819. The summed E-state index contributed by atoms with van der Waals surface area (Å²) in [5, 5.41) is 14.2. The molecule has 0 saturated heterocycles. The summed E-state index contributed by atoms with van der Waals surface area (Å²) in [5.41, 5.74) is 0. The molecule has 0 aliphatic carbocycles. The number of halogens is 2. The highest BCUT2D eigenvalue weighted by molar-refractivity contribution is 5.47. The molecule has 4 nitrogen and oxygen atoms in total. The Balaban J connectivity index is 2.65. The molecule has 0 saturated carbocycles. The monoisotopic (exact) mass is 259 g/mol. The van der Waals surface area contributed by atoms with Gasteiger partial charge in [-0.1, -0.05) is 6.92 Å². The van der Waals surface area contributed by atoms with E-state index in [4.69, 9.17) is 5.11 Å². The summed E-state index contributed by atoms with van der Waals surface area (Å²) in [6.07, 6.45) is 2.17. The highest BCUT2D eigenvalue weighted by Gasteiger charge is 2.10. The van der Waals surface area contributed by atoms with E-state index in [1.165, 1.54) is 0 Å². The molecule has 0 amide bonds. The SMILES string of the molecule is CCCNc1nc(NCCCCO)c(F)cc1F. The zero-order valence-electron chi connectivity index (χ0n) is 10.5. The second-order valence-electron chi connectivity index (χ2n) is 3.93. The van der Waals surface area contributed by atoms with Gasteiger partial charge in [0.1, 0.15) is 0 Å². The van der Waals surface area contributed by atoms with Gasteiger partial charge < -0.3 is 15.7 Å². The van der Waals surface area contributed by atoms with Gasteiger partial charge in [-0.25, -0.2) is 13.8 Å². The number of aromatic nitrogens is 1. The highest BCUT2D eigenvalue weighted by atomic mass is 19.1. The van der Waals surface area contributed by atoms with E-state index in [1.807, 2.05) is 6.92 Å². The number of nitrogens with zero attached hydrogens (tertiary/aromatic N) is 1. The van der Waals surface area contributed by atoms with Gasteiger partial charge in [0, 0.05) is 25.8 Å². The lowest BCUT2D eigenvalue weighted by Crippen LogP contribution is -2.10. The maximum absolute atomic E-state index is 13.4. The third kappa shape index (κ3) is 4.44. The Morgan fingerprint density at radius 1 is 1.11 bits per heavy atom. The maximum Gasteiger partial charge on any atom is 0.168 e. The van der Waals surface area contributed by atoms with E-state index in [0.29, 0.717) is 25.9 Å². The van der Waals surface area contributed by atoms with Crippen LogP contribution >= 0.6 is 0 Å². The Hall–Kier alpha value is -1.43. The quantitative estimate of drug-likeness (QED) is 0.627. The number of anilines is 2. The molecule has 1 aromatic heterocycles. The predicted molar refractivity (Wildman–Crippen MR) is 67.7 cm³/mol. The van der Waals surface area contributed by atoms with Crippen LogP contribution in [0.1, 0.15) is 26.2 Å². The van der Waals surface area contributed by atoms with Crippen molar-refractivity contribution in [2.45, 2.75) is 26.2 Å². The van der Waals surface area contributed by atoms with Gasteiger partial charge in [0.2, 0.25) is 0 Å². The molecule has 0 unspecified atom stereocenters. The smallest absolute Gasteiger partial charge is 0.168 e. The van der Waals surface area contributed by atoms with Crippen molar-refractivity contribution in [1.82, 2.24) is 4.98 Å². The Labute approximate surface area is 105 Å². The van der Waals surface area contributed by atoms with Gasteiger partial charge in [-0.2, -0.15) is 0 Å². The van der Waals surface area contributed by atoms with Gasteiger partial charge in [-0.3, -0.25) is 0 Å². The molecule has 0 atom stereocenters. The average molecular weight is 259 g/mol. The Bertz CT molecular complexity index is 375. The Morgan fingerprint density at radius 3 is 2.28 bits per heavy atom. The number of pyridine rings is 1. The second-order valence-corrected chi connectivity index (χ2v) is 3.93. The largest absolute Gasteiger partial charge is 0.396 e. The molecule has 0 fully saturated rings. The molecule has 18 heavy (non-hydrogen) atoms. The molecule has 0 aromatic carbocycles. The minimum absolute atomic E-state index is 0.0351. The highest BCUT2D eigenvalue weighted by Crippen LogP contribution is 2.18. The molecular formula is C12H19F2N3O. The van der Waals surface area contributed by atoms with Gasteiger partial charge >= 0.3 is 0 Å². The van der Waals surface area contributed by atoms with Crippen LogP contribution in [-0.4, -0.2) is 29.8 Å². The number of hydrogen-bond donors (Lipinski definition) is 3. The van der Waals surface area contributed by atoms with Crippen LogP contribution in [0.2, 0.25) is 0 Å². The summed E-state index contributed by atoms with van der Waals surface area (Å²) in [6.45, 7) is 3.12. The fourth-order valence-corrected chi connectivity index (χ4v) is 1.40. The minimum Gasteiger partial charge on any atom is -0.396 e. The lowest BCUT2D eigenvalue weighted by Gasteiger charge is -2.10. The normalized spacial score (nSPS) is 10.4. The summed E-state index contributed by atoms with van der Waals surface area (Å²) in [5.74, 6) is -1.31. The van der Waals surface area contributed by atoms with Gasteiger partial charge in [-0.15, -0.1) is 0 Å². The average Bonchev–Trinajstić information content (AvgIpc) is 2.35. The lowest BCUT2D eigenvalue weighted by molar-refractivity contribution is 0.286. The molecule has 1 rings (SSSR count). The van der Waals surface area contributed by atoms with E-state index in [-0.39, 0.29) is 18.2 Å². The summed E-state index contributed by atoms with van der Waals surface area (Å²) < 4.78 is 26.8. The first-order valence-electron chi connectivity index (χ1n) is 6.13. The van der Waals surface area contributed by atoms with Crippen LogP contribution in [0.5, 0.6) is 0 Å². The van der Waals surface area contributed by atoms with Crippen molar-refractivity contribution in [1.29, 1.82) is 0 Å². The van der Waals surface area contributed by atoms with E-state index < -0.39 is 11.6 Å². The topological polar surface area (TPSA) is 57.2 Å². The number of aliphatic hydroxyl groups excluding tert-OH is 1. The van der Waals surface area contributed by atoms with E-state index in [2.05, 4.69) is 15.6 Å². The van der Waals surface area contributed by atoms with Crippen LogP contribution in [0, 0.1) is 11.6 Å². The second kappa shape index (κ2) is 7.81. The van der Waals surface area contributed by atoms with Crippen LogP contribution in [0.25, 0.3) is 0 Å². The van der Waals surface area contributed by atoms with Crippen molar-refractivity contribution in [2.24, 2.45) is 0 Å². The molecule has 6 heteroatoms. The molecule has 102 valence electrons. The molecule has 1 heterocycles. The van der Waals surface area contributed by atoms with Crippen molar-refractivity contribution < 1.29 is 13.9 Å². The first-order valence-corrected chi connectivity index (χ1v) is 6.13. The van der Waals surface area contributed by atoms with Gasteiger partial charge in [0.05, 0.1) is 0 Å². The van der Waals surface area contributed by atoms with Crippen LogP contribution < -0.4 is 10.6 Å². The zero-order valence-corrected chi connectivity index (χ0v) is 10.5. The summed E-state index contributed by atoms with van der Waals surface area (Å²) in [4.78, 5) is 3.87. The first kappa shape index (κ1) is 14.6. The molecule has 1 aromatic rings. The van der Waals surface area contributed by atoms with Crippen LogP contribution in [0.4, 0.5) is 20.4 Å².